The highest BCUT2D eigenvalue weighted by Gasteiger charge is 2.31. The SMILES string of the molecule is CCCCCOc1cc(C)c(OCC2CCC(C3CCC(CCC)CC3)CC2)c(F)c1F. The summed E-state index contributed by atoms with van der Waals surface area (Å²) in [5.74, 6) is 1.38. The molecule has 4 heteroatoms. The van der Waals surface area contributed by atoms with Crippen molar-refractivity contribution < 1.29 is 18.3 Å². The van der Waals surface area contributed by atoms with Crippen molar-refractivity contribution in [1.82, 2.24) is 0 Å². The van der Waals surface area contributed by atoms with Gasteiger partial charge in [-0.3, -0.25) is 0 Å². The van der Waals surface area contributed by atoms with Crippen molar-refractivity contribution in [3.63, 3.8) is 0 Å². The van der Waals surface area contributed by atoms with Crippen LogP contribution >= 0.6 is 0 Å². The van der Waals surface area contributed by atoms with Crippen molar-refractivity contribution in [3.8, 4) is 11.5 Å². The molecule has 0 atom stereocenters. The lowest BCUT2D eigenvalue weighted by molar-refractivity contribution is 0.120. The van der Waals surface area contributed by atoms with Crippen molar-refractivity contribution >= 4 is 0 Å². The van der Waals surface area contributed by atoms with Crippen molar-refractivity contribution in [2.45, 2.75) is 104 Å². The maximum absolute atomic E-state index is 14.7. The summed E-state index contributed by atoms with van der Waals surface area (Å²) in [5.41, 5.74) is 0.604. The third kappa shape index (κ3) is 6.84. The van der Waals surface area contributed by atoms with Crippen LogP contribution in [0.1, 0.15) is 103 Å². The Morgan fingerprint density at radius 2 is 1.41 bits per heavy atom. The molecule has 1 aromatic rings. The monoisotopic (exact) mass is 450 g/mol. The summed E-state index contributed by atoms with van der Waals surface area (Å²) < 4.78 is 40.4. The van der Waals surface area contributed by atoms with Crippen LogP contribution < -0.4 is 9.47 Å². The van der Waals surface area contributed by atoms with E-state index in [-0.39, 0.29) is 11.5 Å². The van der Waals surface area contributed by atoms with Crippen LogP contribution in [-0.2, 0) is 0 Å². The Bertz CT molecular complexity index is 689. The maximum Gasteiger partial charge on any atom is 0.204 e. The van der Waals surface area contributed by atoms with E-state index in [1.165, 1.54) is 51.4 Å². The third-order valence-electron chi connectivity index (χ3n) is 7.93. The zero-order chi connectivity index (χ0) is 22.9. The Morgan fingerprint density at radius 3 is 2.00 bits per heavy atom. The summed E-state index contributed by atoms with van der Waals surface area (Å²) >= 11 is 0. The van der Waals surface area contributed by atoms with Crippen molar-refractivity contribution in [2.75, 3.05) is 13.2 Å². The molecule has 0 radical (unpaired) electrons. The van der Waals surface area contributed by atoms with Gasteiger partial charge >= 0.3 is 0 Å². The molecule has 0 bridgehead atoms. The second kappa shape index (κ2) is 12.8. The number of ether oxygens (including phenoxy) is 2. The van der Waals surface area contributed by atoms with E-state index >= 15 is 0 Å². The molecule has 0 aliphatic heterocycles. The average molecular weight is 451 g/mol. The highest BCUT2D eigenvalue weighted by molar-refractivity contribution is 5.42. The molecule has 2 aliphatic carbocycles. The lowest BCUT2D eigenvalue weighted by Gasteiger charge is -2.37. The standard InChI is InChI=1S/C28H44F2O2/c1-4-6-7-17-31-25-18-20(3)28(27(30)26(25)29)32-19-22-11-15-24(16-12-22)23-13-9-21(8-5-2)10-14-23/h18,21-24H,4-17,19H2,1-3H3. The summed E-state index contributed by atoms with van der Waals surface area (Å²) in [6.07, 6.45) is 16.1. The smallest absolute Gasteiger partial charge is 0.204 e. The minimum atomic E-state index is -0.926. The Balaban J connectivity index is 1.45. The normalized spacial score (nSPS) is 26.2. The van der Waals surface area contributed by atoms with E-state index in [9.17, 15) is 8.78 Å². The van der Waals surface area contributed by atoms with Gasteiger partial charge in [0.2, 0.25) is 11.6 Å². The predicted molar refractivity (Wildman–Crippen MR) is 127 cm³/mol. The number of halogens is 2. The molecule has 0 saturated heterocycles. The van der Waals surface area contributed by atoms with Crippen LogP contribution in [0.15, 0.2) is 6.07 Å². The van der Waals surface area contributed by atoms with Gasteiger partial charge in [-0.1, -0.05) is 52.4 Å². The minimum absolute atomic E-state index is 0.00220. The zero-order valence-electron chi connectivity index (χ0n) is 20.6. The van der Waals surface area contributed by atoms with E-state index in [1.807, 2.05) is 0 Å². The van der Waals surface area contributed by atoms with Gasteiger partial charge in [-0.25, -0.2) is 0 Å². The molecule has 0 N–H and O–H groups in total. The van der Waals surface area contributed by atoms with Crippen LogP contribution in [0.25, 0.3) is 0 Å². The molecule has 32 heavy (non-hydrogen) atoms. The molecule has 2 fully saturated rings. The Hall–Kier alpha value is -1.32. The van der Waals surface area contributed by atoms with Crippen LogP contribution in [0.3, 0.4) is 0 Å². The molecule has 0 aromatic heterocycles. The fraction of sp³-hybridized carbons (Fsp3) is 0.786. The summed E-state index contributed by atoms with van der Waals surface area (Å²) in [6.45, 7) is 7.05. The molecule has 1 aromatic carbocycles. The average Bonchev–Trinajstić information content (AvgIpc) is 2.81. The maximum atomic E-state index is 14.7. The van der Waals surface area contributed by atoms with Gasteiger partial charge in [0.05, 0.1) is 13.2 Å². The van der Waals surface area contributed by atoms with Gasteiger partial charge in [0, 0.05) is 0 Å². The molecule has 182 valence electrons. The fourth-order valence-electron chi connectivity index (χ4n) is 5.91. The lowest BCUT2D eigenvalue weighted by atomic mass is 9.69. The van der Waals surface area contributed by atoms with E-state index in [0.29, 0.717) is 24.7 Å². The zero-order valence-corrected chi connectivity index (χ0v) is 20.6. The quantitative estimate of drug-likeness (QED) is 0.314. The number of rotatable bonds is 11. The molecule has 0 spiro atoms. The van der Waals surface area contributed by atoms with Crippen molar-refractivity contribution in [3.05, 3.63) is 23.3 Å². The number of hydrogen-bond donors (Lipinski definition) is 0. The van der Waals surface area contributed by atoms with Gasteiger partial charge < -0.3 is 9.47 Å². The highest BCUT2D eigenvalue weighted by Crippen LogP contribution is 2.42. The number of unbranched alkanes of at least 4 members (excludes halogenated alkanes) is 2. The molecular weight excluding hydrogens is 406 g/mol. The van der Waals surface area contributed by atoms with Gasteiger partial charge in [0.1, 0.15) is 0 Å². The molecule has 0 unspecified atom stereocenters. The summed E-state index contributed by atoms with van der Waals surface area (Å²) in [5, 5.41) is 0. The fourth-order valence-corrected chi connectivity index (χ4v) is 5.91. The van der Waals surface area contributed by atoms with Crippen LogP contribution in [-0.4, -0.2) is 13.2 Å². The first-order chi connectivity index (χ1) is 15.5. The first-order valence-electron chi connectivity index (χ1n) is 13.3. The molecule has 0 heterocycles. The summed E-state index contributed by atoms with van der Waals surface area (Å²) in [4.78, 5) is 0. The minimum Gasteiger partial charge on any atom is -0.490 e. The molecule has 3 rings (SSSR count). The predicted octanol–water partition coefficient (Wildman–Crippen LogP) is 8.63. The van der Waals surface area contributed by atoms with Crippen LogP contribution in [0, 0.1) is 42.2 Å². The first-order valence-corrected chi connectivity index (χ1v) is 13.3. The number of aryl methyl sites for hydroxylation is 1. The molecular formula is C28H44F2O2. The Kier molecular flexibility index (Phi) is 10.1. The highest BCUT2D eigenvalue weighted by atomic mass is 19.2. The third-order valence-corrected chi connectivity index (χ3v) is 7.93. The van der Waals surface area contributed by atoms with E-state index in [0.717, 1.165) is 49.9 Å². The molecule has 0 amide bonds. The van der Waals surface area contributed by atoms with Crippen molar-refractivity contribution in [1.29, 1.82) is 0 Å². The number of hydrogen-bond acceptors (Lipinski definition) is 2. The van der Waals surface area contributed by atoms with Gasteiger partial charge in [0.25, 0.3) is 0 Å². The van der Waals surface area contributed by atoms with E-state index in [2.05, 4.69) is 13.8 Å². The van der Waals surface area contributed by atoms with Gasteiger partial charge in [-0.2, -0.15) is 8.78 Å². The van der Waals surface area contributed by atoms with Crippen molar-refractivity contribution in [2.24, 2.45) is 23.7 Å². The number of benzene rings is 1. The molecule has 2 aliphatic rings. The van der Waals surface area contributed by atoms with Crippen LogP contribution in [0.4, 0.5) is 8.78 Å². The topological polar surface area (TPSA) is 18.5 Å². The van der Waals surface area contributed by atoms with E-state index in [1.54, 1.807) is 13.0 Å². The second-order valence-corrected chi connectivity index (χ2v) is 10.4. The Morgan fingerprint density at radius 1 is 0.781 bits per heavy atom. The summed E-state index contributed by atoms with van der Waals surface area (Å²) in [7, 11) is 0. The van der Waals surface area contributed by atoms with Crippen LogP contribution in [0.2, 0.25) is 0 Å². The lowest BCUT2D eigenvalue weighted by Crippen LogP contribution is -2.27. The molecule has 2 saturated carbocycles. The van der Waals surface area contributed by atoms with Crippen LogP contribution in [0.5, 0.6) is 11.5 Å². The second-order valence-electron chi connectivity index (χ2n) is 10.4. The first kappa shape index (κ1) is 25.3. The van der Waals surface area contributed by atoms with Gasteiger partial charge in [0.15, 0.2) is 11.5 Å². The van der Waals surface area contributed by atoms with Gasteiger partial charge in [-0.05, 0) is 87.2 Å². The van der Waals surface area contributed by atoms with E-state index < -0.39 is 11.6 Å². The Labute approximate surface area is 194 Å². The van der Waals surface area contributed by atoms with Gasteiger partial charge in [-0.15, -0.1) is 0 Å². The largest absolute Gasteiger partial charge is 0.490 e. The van der Waals surface area contributed by atoms with E-state index in [4.69, 9.17) is 9.47 Å². The molecule has 2 nitrogen and oxygen atoms in total. The summed E-state index contributed by atoms with van der Waals surface area (Å²) in [6, 6.07) is 1.57.